The van der Waals surface area contributed by atoms with Gasteiger partial charge < -0.3 is 14.6 Å². The molecule has 3 rings (SSSR count). The molecule has 28 heavy (non-hydrogen) atoms. The number of unbranched alkanes of at least 4 members (excludes halogenated alkanes) is 1. The number of ether oxygens (including phenoxy) is 1. The van der Waals surface area contributed by atoms with Crippen molar-refractivity contribution in [3.8, 4) is 5.75 Å². The van der Waals surface area contributed by atoms with Crippen molar-refractivity contribution >= 4 is 29.4 Å². The molecule has 0 atom stereocenters. The molecule has 2 amide bonds. The zero-order valence-corrected chi connectivity index (χ0v) is 15.5. The maximum atomic E-state index is 12.8. The second-order valence-electron chi connectivity index (χ2n) is 6.44. The van der Waals surface area contributed by atoms with E-state index in [1.807, 2.05) is 24.3 Å². The van der Waals surface area contributed by atoms with Crippen LogP contribution < -0.4 is 9.84 Å². The molecule has 0 saturated carbocycles. The minimum atomic E-state index is -1.49. The number of hydrogen-bond donors (Lipinski definition) is 0. The zero-order valence-electron chi connectivity index (χ0n) is 15.5. The molecule has 1 heterocycles. The van der Waals surface area contributed by atoms with Gasteiger partial charge in [0.1, 0.15) is 5.75 Å². The predicted molar refractivity (Wildman–Crippen MR) is 102 cm³/mol. The van der Waals surface area contributed by atoms with Crippen LogP contribution in [-0.4, -0.2) is 35.8 Å². The summed E-state index contributed by atoms with van der Waals surface area (Å²) in [7, 11) is 0. The molecule has 6 heteroatoms. The summed E-state index contributed by atoms with van der Waals surface area (Å²) in [5.74, 6) is -2.05. The van der Waals surface area contributed by atoms with Gasteiger partial charge >= 0.3 is 0 Å². The Kier molecular flexibility index (Phi) is 5.89. The standard InChI is InChI=1S/C22H21NO5/c1-2-3-12-28-16-10-8-15(9-11-16)13-19-17-6-4-5-7-18(17)21(26)23(22(19)27)14-20(24)25/h4-11,13H,2-3,12,14H2,1H3,(H,24,25)/p-1/b19-13-. The summed E-state index contributed by atoms with van der Waals surface area (Å²) in [6.07, 6.45) is 3.66. The van der Waals surface area contributed by atoms with Crippen molar-refractivity contribution in [1.29, 1.82) is 0 Å². The molecule has 144 valence electrons. The number of carboxylic acid groups (broad SMARTS) is 1. The van der Waals surface area contributed by atoms with Crippen molar-refractivity contribution in [1.82, 2.24) is 4.90 Å². The van der Waals surface area contributed by atoms with Gasteiger partial charge in [-0.05, 0) is 41.8 Å². The van der Waals surface area contributed by atoms with Crippen molar-refractivity contribution in [2.75, 3.05) is 13.2 Å². The summed E-state index contributed by atoms with van der Waals surface area (Å²) in [6.45, 7) is 1.95. The number of carbonyl (C=O) groups excluding carboxylic acids is 3. The maximum Gasteiger partial charge on any atom is 0.261 e. The number of hydrogen-bond acceptors (Lipinski definition) is 5. The molecule has 0 unspecified atom stereocenters. The smallest absolute Gasteiger partial charge is 0.261 e. The average molecular weight is 378 g/mol. The van der Waals surface area contributed by atoms with Gasteiger partial charge in [-0.2, -0.15) is 0 Å². The molecule has 0 fully saturated rings. The van der Waals surface area contributed by atoms with E-state index in [-0.39, 0.29) is 11.1 Å². The minimum Gasteiger partial charge on any atom is -0.548 e. The summed E-state index contributed by atoms with van der Waals surface area (Å²) in [5.41, 5.74) is 1.77. The van der Waals surface area contributed by atoms with E-state index in [0.29, 0.717) is 17.1 Å². The molecule has 0 bridgehead atoms. The van der Waals surface area contributed by atoms with Crippen molar-refractivity contribution < 1.29 is 24.2 Å². The number of imide groups is 1. The van der Waals surface area contributed by atoms with Crippen LogP contribution in [0.4, 0.5) is 0 Å². The van der Waals surface area contributed by atoms with Gasteiger partial charge in [0.05, 0.1) is 19.1 Å². The van der Waals surface area contributed by atoms with Crippen molar-refractivity contribution in [2.24, 2.45) is 0 Å². The Morgan fingerprint density at radius 2 is 1.71 bits per heavy atom. The van der Waals surface area contributed by atoms with E-state index in [2.05, 4.69) is 6.92 Å². The third-order valence-corrected chi connectivity index (χ3v) is 4.41. The Bertz CT molecular complexity index is 930. The van der Waals surface area contributed by atoms with Crippen molar-refractivity contribution in [2.45, 2.75) is 19.8 Å². The number of aliphatic carboxylic acids is 1. The quantitative estimate of drug-likeness (QED) is 0.419. The normalized spacial score (nSPS) is 14.9. The number of carbonyl (C=O) groups is 3. The third kappa shape index (κ3) is 4.11. The highest BCUT2D eigenvalue weighted by Gasteiger charge is 2.34. The van der Waals surface area contributed by atoms with Crippen LogP contribution in [0.3, 0.4) is 0 Å². The molecular formula is C22H20NO5-. The molecule has 0 aliphatic carbocycles. The first-order chi connectivity index (χ1) is 13.5. The van der Waals surface area contributed by atoms with E-state index in [1.54, 1.807) is 30.3 Å². The zero-order chi connectivity index (χ0) is 20.1. The number of amides is 2. The summed E-state index contributed by atoms with van der Waals surface area (Å²) in [6, 6.07) is 13.9. The van der Waals surface area contributed by atoms with Crippen LogP contribution >= 0.6 is 0 Å². The number of benzene rings is 2. The number of nitrogens with zero attached hydrogens (tertiary/aromatic N) is 1. The second-order valence-corrected chi connectivity index (χ2v) is 6.44. The number of fused-ring (bicyclic) bond motifs is 1. The van der Waals surface area contributed by atoms with Crippen molar-refractivity contribution in [3.05, 3.63) is 65.2 Å². The highest BCUT2D eigenvalue weighted by molar-refractivity contribution is 6.34. The third-order valence-electron chi connectivity index (χ3n) is 4.41. The fraction of sp³-hybridized carbons (Fsp3) is 0.227. The first kappa shape index (κ1) is 19.4. The first-order valence-corrected chi connectivity index (χ1v) is 9.11. The lowest BCUT2D eigenvalue weighted by atomic mass is 9.92. The summed E-state index contributed by atoms with van der Waals surface area (Å²) in [4.78, 5) is 37.0. The highest BCUT2D eigenvalue weighted by atomic mass is 16.5. The van der Waals surface area contributed by atoms with Crippen LogP contribution in [0.15, 0.2) is 48.5 Å². The lowest BCUT2D eigenvalue weighted by Crippen LogP contribution is -2.47. The van der Waals surface area contributed by atoms with E-state index in [0.717, 1.165) is 24.2 Å². The highest BCUT2D eigenvalue weighted by Crippen LogP contribution is 2.30. The van der Waals surface area contributed by atoms with E-state index in [9.17, 15) is 19.5 Å². The van der Waals surface area contributed by atoms with Crippen molar-refractivity contribution in [3.63, 3.8) is 0 Å². The molecule has 0 saturated heterocycles. The molecule has 0 aromatic heterocycles. The van der Waals surface area contributed by atoms with E-state index in [1.165, 1.54) is 0 Å². The lowest BCUT2D eigenvalue weighted by molar-refractivity contribution is -0.305. The molecule has 2 aromatic carbocycles. The Morgan fingerprint density at radius 1 is 1.04 bits per heavy atom. The average Bonchev–Trinajstić information content (AvgIpc) is 2.69. The number of rotatable bonds is 7. The fourth-order valence-corrected chi connectivity index (χ4v) is 2.98. The van der Waals surface area contributed by atoms with Gasteiger partial charge in [0, 0.05) is 11.1 Å². The Balaban J connectivity index is 1.94. The van der Waals surface area contributed by atoms with E-state index < -0.39 is 24.3 Å². The number of carboxylic acids is 1. The molecule has 0 radical (unpaired) electrons. The molecule has 0 spiro atoms. The Labute approximate surface area is 163 Å². The van der Waals surface area contributed by atoms with Gasteiger partial charge in [0.2, 0.25) is 0 Å². The van der Waals surface area contributed by atoms with Gasteiger partial charge in [-0.15, -0.1) is 0 Å². The molecular weight excluding hydrogens is 358 g/mol. The van der Waals surface area contributed by atoms with Crippen LogP contribution in [0.1, 0.15) is 41.3 Å². The van der Waals surface area contributed by atoms with Gasteiger partial charge in [-0.3, -0.25) is 14.5 Å². The van der Waals surface area contributed by atoms with Gasteiger partial charge in [0.15, 0.2) is 0 Å². The predicted octanol–water partition coefficient (Wildman–Crippen LogP) is 2.14. The van der Waals surface area contributed by atoms with Crippen LogP contribution in [0.2, 0.25) is 0 Å². The SMILES string of the molecule is CCCCOc1ccc(/C=C2\C(=O)N(CC(=O)[O-])C(=O)c3ccccc32)cc1. The van der Waals surface area contributed by atoms with Crippen LogP contribution in [-0.2, 0) is 9.59 Å². The van der Waals surface area contributed by atoms with Gasteiger partial charge in [0.25, 0.3) is 11.8 Å². The largest absolute Gasteiger partial charge is 0.548 e. The second kappa shape index (κ2) is 8.52. The van der Waals surface area contributed by atoms with Crippen LogP contribution in [0.25, 0.3) is 11.6 Å². The van der Waals surface area contributed by atoms with Crippen LogP contribution in [0.5, 0.6) is 5.75 Å². The van der Waals surface area contributed by atoms with Gasteiger partial charge in [-0.1, -0.05) is 43.7 Å². The van der Waals surface area contributed by atoms with E-state index >= 15 is 0 Å². The first-order valence-electron chi connectivity index (χ1n) is 9.11. The summed E-state index contributed by atoms with van der Waals surface area (Å²) in [5, 5.41) is 11.0. The monoisotopic (exact) mass is 378 g/mol. The van der Waals surface area contributed by atoms with Gasteiger partial charge in [-0.25, -0.2) is 0 Å². The fourth-order valence-electron chi connectivity index (χ4n) is 2.98. The molecule has 0 N–H and O–H groups in total. The molecule has 1 aliphatic heterocycles. The van der Waals surface area contributed by atoms with Crippen LogP contribution in [0, 0.1) is 0 Å². The minimum absolute atomic E-state index is 0.260. The Hall–Kier alpha value is -3.41. The summed E-state index contributed by atoms with van der Waals surface area (Å²) >= 11 is 0. The molecule has 2 aromatic rings. The summed E-state index contributed by atoms with van der Waals surface area (Å²) < 4.78 is 5.63. The Morgan fingerprint density at radius 3 is 2.36 bits per heavy atom. The lowest BCUT2D eigenvalue weighted by Gasteiger charge is -2.28. The molecule has 6 nitrogen and oxygen atoms in total. The van der Waals surface area contributed by atoms with E-state index in [4.69, 9.17) is 4.74 Å². The maximum absolute atomic E-state index is 12.8. The molecule has 1 aliphatic rings. The topological polar surface area (TPSA) is 86.7 Å².